The largest absolute Gasteiger partial charge is 0.547 e. The number of carbonyl (C=O) groups is 2. The zero-order chi connectivity index (χ0) is 16.3. The van der Waals surface area contributed by atoms with Crippen LogP contribution in [0.1, 0.15) is 33.6 Å². The number of hydrogen-bond acceptors (Lipinski definition) is 5. The highest BCUT2D eigenvalue weighted by atomic mass is 16.4. The van der Waals surface area contributed by atoms with Crippen LogP contribution in [0.2, 0.25) is 0 Å². The van der Waals surface area contributed by atoms with Gasteiger partial charge in [-0.2, -0.15) is 0 Å². The molecule has 0 amide bonds. The van der Waals surface area contributed by atoms with E-state index in [9.17, 15) is 14.7 Å². The van der Waals surface area contributed by atoms with Gasteiger partial charge in [-0.3, -0.25) is 0 Å². The molecule has 0 rings (SSSR count). The first kappa shape index (κ1) is 20.9. The highest BCUT2D eigenvalue weighted by Crippen LogP contribution is 1.97. The van der Waals surface area contributed by atoms with E-state index in [1.165, 1.54) is 18.4 Å². The number of allylic oxidation sites excluding steroid dienone is 2. The molecule has 0 saturated heterocycles. The van der Waals surface area contributed by atoms with E-state index in [1.807, 2.05) is 0 Å². The molecule has 118 valence electrons. The molecule has 0 spiro atoms. The summed E-state index contributed by atoms with van der Waals surface area (Å²) in [6.07, 6.45) is 0.123. The Morgan fingerprint density at radius 3 is 2.00 bits per heavy atom. The molecule has 0 aliphatic rings. The second kappa shape index (κ2) is 11.4. The minimum absolute atomic E-state index is 0.774. The number of carbonyl (C=O) groups excluding carboxylic acids is 1. The lowest BCUT2D eigenvalue weighted by Crippen LogP contribution is -2.85. The molecular weight excluding hydrogens is 266 g/mol. The molecule has 7 nitrogen and oxygen atoms in total. The first-order valence-corrected chi connectivity index (χ1v) is 6.36. The maximum absolute atomic E-state index is 9.74. The highest BCUT2D eigenvalue weighted by Gasteiger charge is 2.23. The Bertz CT molecular complexity index is 307. The molecule has 0 aromatic rings. The molecule has 0 radical (unpaired) electrons. The van der Waals surface area contributed by atoms with E-state index in [0.29, 0.717) is 0 Å². The number of quaternary nitrogens is 1. The van der Waals surface area contributed by atoms with Gasteiger partial charge in [0, 0.05) is 6.42 Å². The Balaban J connectivity index is 0. The smallest absolute Gasteiger partial charge is 0.335 e. The monoisotopic (exact) mass is 291 g/mol. The van der Waals surface area contributed by atoms with Crippen molar-refractivity contribution in [1.82, 2.24) is 0 Å². The van der Waals surface area contributed by atoms with Crippen LogP contribution in [0.5, 0.6) is 0 Å². The third-order valence-electron chi connectivity index (χ3n) is 2.54. The number of carboxylic acids is 2. The average Bonchev–Trinajstić information content (AvgIpc) is 2.36. The van der Waals surface area contributed by atoms with Crippen LogP contribution in [-0.2, 0) is 9.59 Å². The standard InChI is InChI=1S/C9H19N.C4H6O6/c1-8(2)6-5-7-9(3)10-4;5-1(3(7)8)2(6)4(9)10/h6,9-10H,5,7H2,1-4H3;1-2,5-6H,(H,7,8)(H,9,10)/t;1-,2-/m.1/s1. The van der Waals surface area contributed by atoms with Crippen LogP contribution >= 0.6 is 0 Å². The zero-order valence-electron chi connectivity index (χ0n) is 12.4. The van der Waals surface area contributed by atoms with Crippen LogP contribution in [0.4, 0.5) is 0 Å². The topological polar surface area (TPSA) is 134 Å². The third-order valence-corrected chi connectivity index (χ3v) is 2.54. The lowest BCUT2D eigenvalue weighted by atomic mass is 10.1. The number of aliphatic hydroxyl groups is 2. The van der Waals surface area contributed by atoms with Crippen molar-refractivity contribution >= 4 is 11.9 Å². The molecule has 0 bridgehead atoms. The second-order valence-corrected chi connectivity index (χ2v) is 4.72. The molecule has 7 heteroatoms. The number of nitrogens with two attached hydrogens (primary N) is 1. The van der Waals surface area contributed by atoms with Gasteiger partial charge in [0.2, 0.25) is 0 Å². The summed E-state index contributed by atoms with van der Waals surface area (Å²) in [6, 6.07) is 0.774. The minimum atomic E-state index is -2.38. The van der Waals surface area contributed by atoms with Gasteiger partial charge in [-0.25, -0.2) is 4.79 Å². The zero-order valence-corrected chi connectivity index (χ0v) is 12.4. The Morgan fingerprint density at radius 2 is 1.75 bits per heavy atom. The third kappa shape index (κ3) is 11.6. The van der Waals surface area contributed by atoms with Crippen LogP contribution in [0.15, 0.2) is 11.6 Å². The molecule has 0 fully saturated rings. The lowest BCUT2D eigenvalue weighted by molar-refractivity contribution is -0.660. The number of carboxylic acid groups (broad SMARTS) is 2. The van der Waals surface area contributed by atoms with E-state index in [2.05, 4.69) is 39.2 Å². The van der Waals surface area contributed by atoms with Crippen LogP contribution in [-0.4, -0.2) is 52.6 Å². The van der Waals surface area contributed by atoms with E-state index in [4.69, 9.17) is 15.3 Å². The van der Waals surface area contributed by atoms with Gasteiger partial charge in [-0.1, -0.05) is 11.6 Å². The Hall–Kier alpha value is -1.44. The predicted octanol–water partition coefficient (Wildman–Crippen LogP) is -2.14. The van der Waals surface area contributed by atoms with E-state index in [0.717, 1.165) is 6.04 Å². The fourth-order valence-electron chi connectivity index (χ4n) is 1.07. The molecule has 20 heavy (non-hydrogen) atoms. The fraction of sp³-hybridized carbons (Fsp3) is 0.692. The van der Waals surface area contributed by atoms with Gasteiger partial charge >= 0.3 is 5.97 Å². The molecule has 5 N–H and O–H groups in total. The lowest BCUT2D eigenvalue weighted by Gasteiger charge is -2.13. The normalized spacial score (nSPS) is 14.3. The maximum atomic E-state index is 9.74. The molecule has 3 atom stereocenters. The van der Waals surface area contributed by atoms with Crippen molar-refractivity contribution in [2.45, 2.75) is 51.9 Å². The van der Waals surface area contributed by atoms with Crippen molar-refractivity contribution in [3.8, 4) is 0 Å². The van der Waals surface area contributed by atoms with Gasteiger partial charge in [0.1, 0.15) is 6.10 Å². The predicted molar refractivity (Wildman–Crippen MR) is 70.6 cm³/mol. The summed E-state index contributed by atoms with van der Waals surface area (Å²) in [7, 11) is 2.13. The van der Waals surface area contributed by atoms with Crippen molar-refractivity contribution < 1.29 is 35.3 Å². The van der Waals surface area contributed by atoms with Crippen molar-refractivity contribution in [3.63, 3.8) is 0 Å². The van der Waals surface area contributed by atoms with Crippen molar-refractivity contribution in [2.75, 3.05) is 7.05 Å². The summed E-state index contributed by atoms with van der Waals surface area (Å²) in [5.41, 5.74) is 1.43. The van der Waals surface area contributed by atoms with Crippen LogP contribution in [0.25, 0.3) is 0 Å². The summed E-state index contributed by atoms with van der Waals surface area (Å²) >= 11 is 0. The average molecular weight is 291 g/mol. The fourth-order valence-corrected chi connectivity index (χ4v) is 1.07. The van der Waals surface area contributed by atoms with Crippen molar-refractivity contribution in [1.29, 1.82) is 0 Å². The van der Waals surface area contributed by atoms with Crippen molar-refractivity contribution in [3.05, 3.63) is 11.6 Å². The second-order valence-electron chi connectivity index (χ2n) is 4.72. The SMILES string of the molecule is C[NH2+]C(C)CCC=C(C)C.O=C([O-])[C@H](O)[C@@H](O)C(=O)O. The molecule has 0 saturated carbocycles. The number of hydrogen-bond donors (Lipinski definition) is 4. The summed E-state index contributed by atoms with van der Waals surface area (Å²) < 4.78 is 0. The molecular formula is C13H25NO6. The van der Waals surface area contributed by atoms with Crippen molar-refractivity contribution in [2.24, 2.45) is 0 Å². The summed E-state index contributed by atoms with van der Waals surface area (Å²) in [6.45, 7) is 6.57. The Kier molecular flexibility index (Phi) is 11.9. The highest BCUT2D eigenvalue weighted by molar-refractivity contribution is 5.81. The van der Waals surface area contributed by atoms with Gasteiger partial charge in [0.05, 0.1) is 19.1 Å². The van der Waals surface area contributed by atoms with Crippen LogP contribution in [0, 0.1) is 0 Å². The van der Waals surface area contributed by atoms with E-state index in [-0.39, 0.29) is 0 Å². The molecule has 0 heterocycles. The first-order valence-electron chi connectivity index (χ1n) is 6.36. The Labute approximate surface area is 118 Å². The van der Waals surface area contributed by atoms with Crippen LogP contribution < -0.4 is 10.4 Å². The maximum Gasteiger partial charge on any atom is 0.335 e. The van der Waals surface area contributed by atoms with Gasteiger partial charge in [0.25, 0.3) is 0 Å². The molecule has 1 unspecified atom stereocenters. The molecule has 0 aromatic carbocycles. The van der Waals surface area contributed by atoms with E-state index in [1.54, 1.807) is 0 Å². The molecule has 0 aliphatic carbocycles. The number of rotatable bonds is 7. The number of aliphatic hydroxyl groups excluding tert-OH is 2. The minimum Gasteiger partial charge on any atom is -0.547 e. The van der Waals surface area contributed by atoms with E-state index < -0.39 is 24.1 Å². The first-order chi connectivity index (χ1) is 9.13. The Morgan fingerprint density at radius 1 is 1.25 bits per heavy atom. The summed E-state index contributed by atoms with van der Waals surface area (Å²) in [5.74, 6) is -3.83. The van der Waals surface area contributed by atoms with Gasteiger partial charge in [-0.15, -0.1) is 0 Å². The van der Waals surface area contributed by atoms with Gasteiger partial charge in [-0.05, 0) is 27.2 Å². The van der Waals surface area contributed by atoms with Gasteiger partial charge in [0.15, 0.2) is 6.10 Å². The summed E-state index contributed by atoms with van der Waals surface area (Å²) in [5, 5.41) is 36.4. The number of aliphatic carboxylic acids is 2. The quantitative estimate of drug-likeness (QED) is 0.395. The molecule has 0 aromatic heterocycles. The van der Waals surface area contributed by atoms with Gasteiger partial charge < -0.3 is 30.5 Å². The molecule has 0 aliphatic heterocycles. The van der Waals surface area contributed by atoms with Crippen LogP contribution in [0.3, 0.4) is 0 Å². The summed E-state index contributed by atoms with van der Waals surface area (Å²) in [4.78, 5) is 19.4. The van der Waals surface area contributed by atoms with E-state index >= 15 is 0 Å².